The molecule has 1 N–H and O–H groups in total. The topological polar surface area (TPSA) is 64.6 Å². The maximum Gasteiger partial charge on any atom is 0.262 e. The van der Waals surface area contributed by atoms with Crippen LogP contribution in [0.15, 0.2) is 42.5 Å². The fourth-order valence-corrected chi connectivity index (χ4v) is 2.70. The van der Waals surface area contributed by atoms with Gasteiger partial charge in [-0.1, -0.05) is 18.2 Å². The molecule has 0 spiro atoms. The van der Waals surface area contributed by atoms with Gasteiger partial charge in [0.1, 0.15) is 6.29 Å². The average molecular weight is 425 g/mol. The van der Waals surface area contributed by atoms with E-state index < -0.39 is 0 Å². The molecular weight excluding hydrogens is 409 g/mol. The summed E-state index contributed by atoms with van der Waals surface area (Å²) in [5, 5.41) is 2.74. The Hall–Kier alpha value is -2.09. The van der Waals surface area contributed by atoms with Crippen molar-refractivity contribution in [3.63, 3.8) is 0 Å². The first kappa shape index (κ1) is 17.3. The summed E-state index contributed by atoms with van der Waals surface area (Å²) in [6, 6.07) is 12.4. The smallest absolute Gasteiger partial charge is 0.262 e. The van der Waals surface area contributed by atoms with Crippen molar-refractivity contribution in [2.45, 2.75) is 6.92 Å². The number of benzene rings is 2. The lowest BCUT2D eigenvalue weighted by molar-refractivity contribution is -0.118. The lowest BCUT2D eigenvalue weighted by Gasteiger charge is -2.14. The molecule has 0 atom stereocenters. The van der Waals surface area contributed by atoms with Crippen molar-refractivity contribution >= 4 is 40.5 Å². The zero-order valence-electron chi connectivity index (χ0n) is 12.5. The summed E-state index contributed by atoms with van der Waals surface area (Å²) < 4.78 is 11.8. The first-order chi connectivity index (χ1) is 11.1. The van der Waals surface area contributed by atoms with Gasteiger partial charge in [-0.25, -0.2) is 0 Å². The quantitative estimate of drug-likeness (QED) is 0.545. The fourth-order valence-electron chi connectivity index (χ4n) is 1.92. The molecule has 6 heteroatoms. The van der Waals surface area contributed by atoms with Gasteiger partial charge in [0.2, 0.25) is 0 Å². The standard InChI is InChI=1S/C17H16INO4/c1-2-22-15-9-12(10-20)8-14(18)17(15)23-11-16(21)19-13-6-4-3-5-7-13/h3-10H,2,11H2,1H3,(H,19,21). The van der Waals surface area contributed by atoms with Gasteiger partial charge in [0, 0.05) is 11.3 Å². The minimum absolute atomic E-state index is 0.147. The van der Waals surface area contributed by atoms with Crippen LogP contribution in [-0.4, -0.2) is 25.4 Å². The number of amides is 1. The number of hydrogen-bond acceptors (Lipinski definition) is 4. The molecule has 0 aromatic heterocycles. The van der Waals surface area contributed by atoms with E-state index in [1.165, 1.54) is 0 Å². The average Bonchev–Trinajstić information content (AvgIpc) is 2.55. The largest absolute Gasteiger partial charge is 0.490 e. The molecule has 0 saturated heterocycles. The van der Waals surface area contributed by atoms with Crippen molar-refractivity contribution in [3.05, 3.63) is 51.6 Å². The number of aldehydes is 1. The van der Waals surface area contributed by atoms with E-state index in [0.717, 1.165) is 6.29 Å². The summed E-state index contributed by atoms with van der Waals surface area (Å²) >= 11 is 2.05. The van der Waals surface area contributed by atoms with Crippen LogP contribution in [0.3, 0.4) is 0 Å². The van der Waals surface area contributed by atoms with Crippen LogP contribution < -0.4 is 14.8 Å². The first-order valence-electron chi connectivity index (χ1n) is 7.03. The van der Waals surface area contributed by atoms with Crippen LogP contribution in [-0.2, 0) is 4.79 Å². The summed E-state index contributed by atoms with van der Waals surface area (Å²) in [7, 11) is 0. The molecule has 2 aromatic rings. The molecule has 0 heterocycles. The highest BCUT2D eigenvalue weighted by Gasteiger charge is 2.14. The van der Waals surface area contributed by atoms with Crippen molar-refractivity contribution in [1.29, 1.82) is 0 Å². The van der Waals surface area contributed by atoms with Crippen LogP contribution in [0, 0.1) is 3.57 Å². The third-order valence-corrected chi connectivity index (χ3v) is 3.67. The molecule has 1 amide bonds. The molecule has 0 aliphatic heterocycles. The van der Waals surface area contributed by atoms with Gasteiger partial charge in [0.25, 0.3) is 5.91 Å². The van der Waals surface area contributed by atoms with Crippen molar-refractivity contribution < 1.29 is 19.1 Å². The highest BCUT2D eigenvalue weighted by atomic mass is 127. The van der Waals surface area contributed by atoms with Crippen LogP contribution in [0.25, 0.3) is 0 Å². The number of para-hydroxylation sites is 1. The minimum atomic E-state index is -0.270. The molecular formula is C17H16INO4. The molecule has 0 bridgehead atoms. The Balaban J connectivity index is 2.07. The molecule has 0 aliphatic rings. The van der Waals surface area contributed by atoms with Crippen molar-refractivity contribution in [2.24, 2.45) is 0 Å². The van der Waals surface area contributed by atoms with E-state index >= 15 is 0 Å². The van der Waals surface area contributed by atoms with Crippen molar-refractivity contribution in [3.8, 4) is 11.5 Å². The molecule has 120 valence electrons. The number of ether oxygens (including phenoxy) is 2. The third-order valence-electron chi connectivity index (χ3n) is 2.87. The highest BCUT2D eigenvalue weighted by molar-refractivity contribution is 14.1. The Kier molecular flexibility index (Phi) is 6.40. The maximum atomic E-state index is 12.0. The Labute approximate surface area is 148 Å². The monoisotopic (exact) mass is 425 g/mol. The Morgan fingerprint density at radius 2 is 1.96 bits per heavy atom. The maximum absolute atomic E-state index is 12.0. The molecule has 0 aliphatic carbocycles. The second-order valence-electron chi connectivity index (χ2n) is 4.58. The molecule has 5 nitrogen and oxygen atoms in total. The SMILES string of the molecule is CCOc1cc(C=O)cc(I)c1OCC(=O)Nc1ccccc1. The van der Waals surface area contributed by atoms with E-state index in [0.29, 0.717) is 32.9 Å². The summed E-state index contributed by atoms with van der Waals surface area (Å²) in [4.78, 5) is 22.9. The summed E-state index contributed by atoms with van der Waals surface area (Å²) in [6.45, 7) is 2.13. The van der Waals surface area contributed by atoms with Crippen LogP contribution in [0.1, 0.15) is 17.3 Å². The van der Waals surface area contributed by atoms with Gasteiger partial charge >= 0.3 is 0 Å². The Morgan fingerprint density at radius 1 is 1.22 bits per heavy atom. The second kappa shape index (κ2) is 8.52. The van der Waals surface area contributed by atoms with Crippen molar-refractivity contribution in [2.75, 3.05) is 18.5 Å². The number of carbonyl (C=O) groups excluding carboxylic acids is 2. The number of nitrogens with one attached hydrogen (secondary N) is 1. The van der Waals surface area contributed by atoms with E-state index in [4.69, 9.17) is 9.47 Å². The zero-order valence-corrected chi connectivity index (χ0v) is 14.7. The van der Waals surface area contributed by atoms with Crippen LogP contribution in [0.5, 0.6) is 11.5 Å². The number of rotatable bonds is 7. The zero-order chi connectivity index (χ0) is 16.7. The predicted octanol–water partition coefficient (Wildman–Crippen LogP) is 3.52. The highest BCUT2D eigenvalue weighted by Crippen LogP contribution is 2.33. The number of halogens is 1. The first-order valence-corrected chi connectivity index (χ1v) is 8.11. The van der Waals surface area contributed by atoms with E-state index in [-0.39, 0.29) is 12.5 Å². The van der Waals surface area contributed by atoms with Gasteiger partial charge in [0.15, 0.2) is 18.1 Å². The summed E-state index contributed by atoms with van der Waals surface area (Å²) in [5.41, 5.74) is 1.20. The number of hydrogen-bond donors (Lipinski definition) is 1. The molecule has 0 fully saturated rings. The normalized spacial score (nSPS) is 10.0. The molecule has 2 rings (SSSR count). The lowest BCUT2D eigenvalue weighted by atomic mass is 10.2. The van der Waals surface area contributed by atoms with Gasteiger partial charge in [0.05, 0.1) is 10.2 Å². The summed E-state index contributed by atoms with van der Waals surface area (Å²) in [6.07, 6.45) is 0.747. The minimum Gasteiger partial charge on any atom is -0.490 e. The molecule has 0 saturated carbocycles. The van der Waals surface area contributed by atoms with E-state index in [2.05, 4.69) is 5.32 Å². The second-order valence-corrected chi connectivity index (χ2v) is 5.75. The molecule has 23 heavy (non-hydrogen) atoms. The summed E-state index contributed by atoms with van der Waals surface area (Å²) in [5.74, 6) is 0.643. The third kappa shape index (κ3) is 4.95. The van der Waals surface area contributed by atoms with Gasteiger partial charge in [-0.2, -0.15) is 0 Å². The van der Waals surface area contributed by atoms with Gasteiger partial charge in [-0.05, 0) is 53.8 Å². The molecule has 0 unspecified atom stereocenters. The van der Waals surface area contributed by atoms with Crippen LogP contribution in [0.4, 0.5) is 5.69 Å². The van der Waals surface area contributed by atoms with Gasteiger partial charge < -0.3 is 14.8 Å². The van der Waals surface area contributed by atoms with E-state index in [1.807, 2.05) is 47.7 Å². The fraction of sp³-hybridized carbons (Fsp3) is 0.176. The molecule has 2 aromatic carbocycles. The van der Waals surface area contributed by atoms with Gasteiger partial charge in [-0.15, -0.1) is 0 Å². The van der Waals surface area contributed by atoms with Crippen LogP contribution >= 0.6 is 22.6 Å². The number of anilines is 1. The Bertz CT molecular complexity index is 688. The van der Waals surface area contributed by atoms with E-state index in [1.54, 1.807) is 24.3 Å². The van der Waals surface area contributed by atoms with Gasteiger partial charge in [-0.3, -0.25) is 9.59 Å². The number of carbonyl (C=O) groups is 2. The predicted molar refractivity (Wildman–Crippen MR) is 96.3 cm³/mol. The lowest BCUT2D eigenvalue weighted by Crippen LogP contribution is -2.20. The van der Waals surface area contributed by atoms with Crippen molar-refractivity contribution in [1.82, 2.24) is 0 Å². The Morgan fingerprint density at radius 3 is 2.61 bits per heavy atom. The van der Waals surface area contributed by atoms with E-state index in [9.17, 15) is 9.59 Å². The van der Waals surface area contributed by atoms with Crippen LogP contribution in [0.2, 0.25) is 0 Å². The molecule has 0 radical (unpaired) electrons.